The van der Waals surface area contributed by atoms with Gasteiger partial charge in [0, 0.05) is 43.5 Å². The Morgan fingerprint density at radius 3 is 2.79 bits per heavy atom. The van der Waals surface area contributed by atoms with Gasteiger partial charge in [0.15, 0.2) is 6.79 Å². The number of H-pyrrole nitrogens is 1. The van der Waals surface area contributed by atoms with E-state index >= 15 is 0 Å². The lowest BCUT2D eigenvalue weighted by atomic mass is 10.0. The van der Waals surface area contributed by atoms with Crippen molar-refractivity contribution in [3.8, 4) is 11.5 Å². The normalized spacial score (nSPS) is 15.7. The number of benzene rings is 2. The largest absolute Gasteiger partial charge is 0.497 e. The second-order valence-corrected chi connectivity index (χ2v) is 9.65. The number of hydrogen-bond acceptors (Lipinski definition) is 8. The van der Waals surface area contributed by atoms with E-state index in [1.165, 1.54) is 0 Å². The van der Waals surface area contributed by atoms with E-state index in [0.29, 0.717) is 30.3 Å². The second-order valence-electron chi connectivity index (χ2n) is 9.65. The minimum Gasteiger partial charge on any atom is -0.497 e. The van der Waals surface area contributed by atoms with Gasteiger partial charge >= 0.3 is 0 Å². The van der Waals surface area contributed by atoms with Gasteiger partial charge in [-0.05, 0) is 73.3 Å². The summed E-state index contributed by atoms with van der Waals surface area (Å²) in [6, 6.07) is 15.5. The molecule has 0 radical (unpaired) electrons. The van der Waals surface area contributed by atoms with Crippen LogP contribution in [0.3, 0.4) is 0 Å². The number of hydrogen-bond donors (Lipinski definition) is 3. The third kappa shape index (κ3) is 5.81. The lowest BCUT2D eigenvalue weighted by molar-refractivity contribution is 0.0522. The van der Waals surface area contributed by atoms with Gasteiger partial charge in [-0.15, -0.1) is 0 Å². The third-order valence-electron chi connectivity index (χ3n) is 7.16. The van der Waals surface area contributed by atoms with Crippen molar-refractivity contribution in [2.75, 3.05) is 40.6 Å². The second kappa shape index (κ2) is 11.9. The van der Waals surface area contributed by atoms with Gasteiger partial charge in [0.2, 0.25) is 0 Å². The number of aromatic nitrogens is 2. The summed E-state index contributed by atoms with van der Waals surface area (Å²) in [7, 11) is 3.19. The molecule has 200 valence electrons. The molecule has 1 saturated heterocycles. The number of piperidine rings is 1. The molecule has 9 nitrogen and oxygen atoms in total. The summed E-state index contributed by atoms with van der Waals surface area (Å²) in [5, 5.41) is 16.9. The number of aliphatic hydroxyl groups is 1. The zero-order chi connectivity index (χ0) is 26.5. The molecule has 3 heterocycles. The van der Waals surface area contributed by atoms with Gasteiger partial charge in [-0.25, -0.2) is 0 Å². The summed E-state index contributed by atoms with van der Waals surface area (Å²) in [4.78, 5) is 22.5. The molecule has 2 aromatic carbocycles. The predicted octanol–water partition coefficient (Wildman–Crippen LogP) is 3.36. The van der Waals surface area contributed by atoms with Crippen molar-refractivity contribution >= 4 is 21.7 Å². The van der Waals surface area contributed by atoms with E-state index in [2.05, 4.69) is 20.2 Å². The fourth-order valence-corrected chi connectivity index (χ4v) is 5.16. The maximum absolute atomic E-state index is 12.8. The number of β-amino-alcohol motifs (C(OH)–C–C–N with tert-alkyl or cyclic N) is 1. The first-order valence-corrected chi connectivity index (χ1v) is 12.9. The number of nitrogens with zero attached hydrogens (tertiary/aromatic N) is 2. The molecule has 0 aliphatic carbocycles. The van der Waals surface area contributed by atoms with E-state index < -0.39 is 6.10 Å². The highest BCUT2D eigenvalue weighted by Crippen LogP contribution is 2.28. The van der Waals surface area contributed by atoms with Crippen LogP contribution in [0.2, 0.25) is 0 Å². The number of methoxy groups -OCH3 is 2. The Morgan fingerprint density at radius 1 is 1.16 bits per heavy atom. The molecular weight excluding hydrogens is 484 g/mol. The molecule has 0 amide bonds. The van der Waals surface area contributed by atoms with Gasteiger partial charge in [0.05, 0.1) is 24.1 Å². The zero-order valence-corrected chi connectivity index (χ0v) is 21.8. The van der Waals surface area contributed by atoms with Crippen LogP contribution < -0.4 is 20.3 Å². The van der Waals surface area contributed by atoms with Crippen molar-refractivity contribution in [1.29, 1.82) is 0 Å². The first kappa shape index (κ1) is 26.1. The highest BCUT2D eigenvalue weighted by molar-refractivity contribution is 5.87. The number of likely N-dealkylation sites (tertiary alicyclic amines) is 1. The first-order valence-electron chi connectivity index (χ1n) is 12.9. The van der Waals surface area contributed by atoms with Crippen molar-refractivity contribution < 1.29 is 19.3 Å². The Kier molecular flexibility index (Phi) is 8.19. The average molecular weight is 519 g/mol. The summed E-state index contributed by atoms with van der Waals surface area (Å²) < 4.78 is 15.9. The minimum atomic E-state index is -0.613. The van der Waals surface area contributed by atoms with E-state index in [1.54, 1.807) is 26.5 Å². The molecule has 38 heavy (non-hydrogen) atoms. The van der Waals surface area contributed by atoms with Gasteiger partial charge < -0.3 is 34.5 Å². The first-order chi connectivity index (χ1) is 18.6. The van der Waals surface area contributed by atoms with E-state index in [1.807, 2.05) is 42.5 Å². The summed E-state index contributed by atoms with van der Waals surface area (Å²) in [6.07, 6.45) is 3.06. The number of pyridine rings is 2. The van der Waals surface area contributed by atoms with Crippen molar-refractivity contribution in [2.45, 2.75) is 31.5 Å². The molecule has 4 aromatic rings. The van der Waals surface area contributed by atoms with E-state index in [0.717, 1.165) is 59.2 Å². The average Bonchev–Trinajstić information content (AvgIpc) is 2.94. The van der Waals surface area contributed by atoms with Crippen LogP contribution in [-0.2, 0) is 11.3 Å². The molecule has 1 fully saturated rings. The number of nitrogens with one attached hydrogen (secondary N) is 2. The molecule has 9 heteroatoms. The standard InChI is InChI=1S/C29H34N4O5/c1-36-18-38-27-5-3-4-19-14-21(32-29(35)28(19)27)16-31-20-9-12-33(13-10-20)17-26(34)23-8-11-30-25-7-6-22(37-2)15-24(23)25/h3-8,11,14-15,20,26,31,34H,9-10,12-13,16-18H2,1-2H3,(H,32,35)/t26-/m0/s1. The maximum Gasteiger partial charge on any atom is 0.259 e. The SMILES string of the molecule is COCOc1cccc2cc(CNC3CCN(C[C@H](O)c4ccnc5ccc(OC)cc45)CC3)[nH]c(=O)c12. The third-order valence-corrected chi connectivity index (χ3v) is 7.16. The lowest BCUT2D eigenvalue weighted by Crippen LogP contribution is -2.43. The summed E-state index contributed by atoms with van der Waals surface area (Å²) in [5.41, 5.74) is 2.38. The Hall–Kier alpha value is -3.50. The van der Waals surface area contributed by atoms with Crippen LogP contribution in [0.15, 0.2) is 59.5 Å². The van der Waals surface area contributed by atoms with Crippen LogP contribution in [0.5, 0.6) is 11.5 Å². The van der Waals surface area contributed by atoms with Crippen LogP contribution in [-0.4, -0.2) is 66.7 Å². The molecule has 1 aliphatic heterocycles. The Bertz CT molecular complexity index is 1450. The summed E-state index contributed by atoms with van der Waals surface area (Å²) in [6.45, 7) is 3.00. The zero-order valence-electron chi connectivity index (χ0n) is 21.8. The quantitative estimate of drug-likeness (QED) is 0.274. The molecule has 3 N–H and O–H groups in total. The number of aliphatic hydroxyl groups excluding tert-OH is 1. The molecule has 1 atom stereocenters. The van der Waals surface area contributed by atoms with E-state index in [-0.39, 0.29) is 12.4 Å². The van der Waals surface area contributed by atoms with Crippen molar-refractivity contribution in [2.24, 2.45) is 0 Å². The van der Waals surface area contributed by atoms with Gasteiger partial charge in [-0.3, -0.25) is 9.78 Å². The highest BCUT2D eigenvalue weighted by atomic mass is 16.7. The highest BCUT2D eigenvalue weighted by Gasteiger charge is 2.22. The number of ether oxygens (including phenoxy) is 3. The van der Waals surface area contributed by atoms with Gasteiger partial charge in [0.25, 0.3) is 5.56 Å². The van der Waals surface area contributed by atoms with Gasteiger partial charge in [-0.1, -0.05) is 12.1 Å². The van der Waals surface area contributed by atoms with Crippen LogP contribution >= 0.6 is 0 Å². The molecule has 1 aliphatic rings. The number of aromatic amines is 1. The molecule has 0 bridgehead atoms. The predicted molar refractivity (Wildman–Crippen MR) is 147 cm³/mol. The minimum absolute atomic E-state index is 0.0888. The van der Waals surface area contributed by atoms with Crippen LogP contribution in [0.1, 0.15) is 30.2 Å². The van der Waals surface area contributed by atoms with E-state index in [4.69, 9.17) is 14.2 Å². The maximum atomic E-state index is 12.8. The molecule has 5 rings (SSSR count). The fourth-order valence-electron chi connectivity index (χ4n) is 5.16. The summed E-state index contributed by atoms with van der Waals surface area (Å²) >= 11 is 0. The Balaban J connectivity index is 1.17. The lowest BCUT2D eigenvalue weighted by Gasteiger charge is -2.33. The summed E-state index contributed by atoms with van der Waals surface area (Å²) in [5.74, 6) is 1.26. The van der Waals surface area contributed by atoms with Crippen molar-refractivity contribution in [1.82, 2.24) is 20.2 Å². The Labute approximate surface area is 221 Å². The molecule has 0 spiro atoms. The molecule has 2 aromatic heterocycles. The smallest absolute Gasteiger partial charge is 0.259 e. The number of fused-ring (bicyclic) bond motifs is 2. The Morgan fingerprint density at radius 2 is 2.00 bits per heavy atom. The molecule has 0 saturated carbocycles. The topological polar surface area (TPSA) is 109 Å². The van der Waals surface area contributed by atoms with Crippen LogP contribution in [0, 0.1) is 0 Å². The molecular formula is C29H34N4O5. The van der Waals surface area contributed by atoms with Crippen molar-refractivity contribution in [3.05, 3.63) is 76.3 Å². The van der Waals surface area contributed by atoms with Gasteiger partial charge in [0.1, 0.15) is 11.5 Å². The molecule has 0 unspecified atom stereocenters. The van der Waals surface area contributed by atoms with E-state index in [9.17, 15) is 9.90 Å². The van der Waals surface area contributed by atoms with Crippen LogP contribution in [0.25, 0.3) is 21.7 Å². The fraction of sp³-hybridized carbons (Fsp3) is 0.379. The number of rotatable bonds is 10. The monoisotopic (exact) mass is 518 g/mol. The van der Waals surface area contributed by atoms with Crippen molar-refractivity contribution in [3.63, 3.8) is 0 Å². The van der Waals surface area contributed by atoms with Crippen LogP contribution in [0.4, 0.5) is 0 Å². The van der Waals surface area contributed by atoms with Gasteiger partial charge in [-0.2, -0.15) is 0 Å².